The van der Waals surface area contributed by atoms with E-state index in [1.165, 1.54) is 0 Å². The molecule has 20 heavy (non-hydrogen) atoms. The number of benzene rings is 2. The van der Waals surface area contributed by atoms with Gasteiger partial charge >= 0.3 is 5.97 Å². The number of carbonyl (C=O) groups is 1. The van der Waals surface area contributed by atoms with Crippen molar-refractivity contribution in [3.8, 4) is 5.75 Å². The van der Waals surface area contributed by atoms with Crippen LogP contribution >= 0.6 is 0 Å². The van der Waals surface area contributed by atoms with Crippen LogP contribution in [0.25, 0.3) is 0 Å². The topological polar surface area (TPSA) is 46.5 Å². The van der Waals surface area contributed by atoms with Crippen LogP contribution in [0.3, 0.4) is 0 Å². The summed E-state index contributed by atoms with van der Waals surface area (Å²) in [4.78, 5) is 10.9. The number of carboxylic acid groups (broad SMARTS) is 1. The Morgan fingerprint density at radius 2 is 1.85 bits per heavy atom. The molecule has 0 aliphatic carbocycles. The van der Waals surface area contributed by atoms with E-state index in [1.54, 1.807) is 0 Å². The Morgan fingerprint density at radius 1 is 1.10 bits per heavy atom. The lowest BCUT2D eigenvalue weighted by atomic mass is 10.1. The zero-order valence-electron chi connectivity index (χ0n) is 11.5. The molecule has 2 rings (SSSR count). The molecule has 104 valence electrons. The normalized spacial score (nSPS) is 10.2. The van der Waals surface area contributed by atoms with E-state index in [0.717, 1.165) is 23.1 Å². The molecule has 0 bridgehead atoms. The third-order valence-electron chi connectivity index (χ3n) is 3.11. The number of carboxylic acids is 1. The number of hydrogen-bond acceptors (Lipinski definition) is 2. The minimum atomic E-state index is -0.845. The largest absolute Gasteiger partial charge is 0.489 e. The van der Waals surface area contributed by atoms with Gasteiger partial charge in [-0.3, -0.25) is 4.79 Å². The van der Waals surface area contributed by atoms with Crippen molar-refractivity contribution in [2.24, 2.45) is 0 Å². The fourth-order valence-electron chi connectivity index (χ4n) is 2.03. The van der Waals surface area contributed by atoms with E-state index in [-0.39, 0.29) is 6.42 Å². The van der Waals surface area contributed by atoms with Gasteiger partial charge in [0.1, 0.15) is 12.4 Å². The van der Waals surface area contributed by atoms with Crippen LogP contribution in [0.1, 0.15) is 23.6 Å². The third-order valence-corrected chi connectivity index (χ3v) is 3.11. The monoisotopic (exact) mass is 270 g/mol. The summed E-state index contributed by atoms with van der Waals surface area (Å²) in [5.74, 6) is -0.198. The average molecular weight is 270 g/mol. The van der Waals surface area contributed by atoms with Crippen molar-refractivity contribution in [1.29, 1.82) is 0 Å². The second kappa shape index (κ2) is 6.75. The van der Waals surface area contributed by atoms with Gasteiger partial charge in [0.05, 0.1) is 6.42 Å². The molecule has 3 heteroatoms. The van der Waals surface area contributed by atoms with Crippen LogP contribution < -0.4 is 4.74 Å². The molecule has 0 amide bonds. The molecule has 2 aromatic carbocycles. The maximum atomic E-state index is 10.9. The number of aryl methyl sites for hydroxylation is 1. The molecule has 0 aliphatic rings. The van der Waals surface area contributed by atoms with Crippen molar-refractivity contribution in [3.63, 3.8) is 0 Å². The summed E-state index contributed by atoms with van der Waals surface area (Å²) in [5.41, 5.74) is 2.91. The molecule has 2 aromatic rings. The number of hydrogen-bond donors (Lipinski definition) is 1. The van der Waals surface area contributed by atoms with Gasteiger partial charge in [0.25, 0.3) is 0 Å². The fourth-order valence-corrected chi connectivity index (χ4v) is 2.03. The number of rotatable bonds is 6. The Bertz CT molecular complexity index is 576. The highest BCUT2D eigenvalue weighted by molar-refractivity contribution is 5.71. The van der Waals surface area contributed by atoms with Crippen molar-refractivity contribution in [2.75, 3.05) is 0 Å². The molecule has 0 heterocycles. The van der Waals surface area contributed by atoms with Crippen molar-refractivity contribution >= 4 is 5.97 Å². The van der Waals surface area contributed by atoms with E-state index in [1.807, 2.05) is 55.5 Å². The SMILES string of the molecule is CCc1ccc(OCc2ccccc2)c(CC(=O)O)c1. The van der Waals surface area contributed by atoms with Crippen molar-refractivity contribution in [2.45, 2.75) is 26.4 Å². The molecule has 0 fully saturated rings. The zero-order chi connectivity index (χ0) is 14.4. The van der Waals surface area contributed by atoms with Gasteiger partial charge < -0.3 is 9.84 Å². The molecule has 0 spiro atoms. The Labute approximate surface area is 118 Å². The lowest BCUT2D eigenvalue weighted by Crippen LogP contribution is -2.05. The van der Waals surface area contributed by atoms with Gasteiger partial charge in [-0.2, -0.15) is 0 Å². The van der Waals surface area contributed by atoms with E-state index in [2.05, 4.69) is 0 Å². The van der Waals surface area contributed by atoms with Crippen LogP contribution in [0.4, 0.5) is 0 Å². The highest BCUT2D eigenvalue weighted by Gasteiger charge is 2.09. The third kappa shape index (κ3) is 3.85. The van der Waals surface area contributed by atoms with Gasteiger partial charge in [-0.15, -0.1) is 0 Å². The van der Waals surface area contributed by atoms with E-state index in [9.17, 15) is 4.79 Å². The molecule has 3 nitrogen and oxygen atoms in total. The lowest BCUT2D eigenvalue weighted by molar-refractivity contribution is -0.136. The van der Waals surface area contributed by atoms with Crippen LogP contribution in [0, 0.1) is 0 Å². The first-order valence-corrected chi connectivity index (χ1v) is 6.69. The van der Waals surface area contributed by atoms with Gasteiger partial charge in [0.15, 0.2) is 0 Å². The molecular weight excluding hydrogens is 252 g/mol. The minimum absolute atomic E-state index is 0.0159. The van der Waals surface area contributed by atoms with Gasteiger partial charge in [0.2, 0.25) is 0 Å². The van der Waals surface area contributed by atoms with Crippen LogP contribution in [0.2, 0.25) is 0 Å². The maximum Gasteiger partial charge on any atom is 0.307 e. The smallest absolute Gasteiger partial charge is 0.307 e. The second-order valence-electron chi connectivity index (χ2n) is 4.64. The predicted octanol–water partition coefficient (Wildman–Crippen LogP) is 3.46. The summed E-state index contributed by atoms with van der Waals surface area (Å²) in [6.45, 7) is 2.49. The second-order valence-corrected chi connectivity index (χ2v) is 4.64. The minimum Gasteiger partial charge on any atom is -0.489 e. The molecular formula is C17H18O3. The van der Waals surface area contributed by atoms with E-state index >= 15 is 0 Å². The van der Waals surface area contributed by atoms with Crippen LogP contribution in [-0.4, -0.2) is 11.1 Å². The highest BCUT2D eigenvalue weighted by Crippen LogP contribution is 2.22. The quantitative estimate of drug-likeness (QED) is 0.874. The molecule has 0 saturated heterocycles. The van der Waals surface area contributed by atoms with Gasteiger partial charge in [-0.1, -0.05) is 49.4 Å². The lowest BCUT2D eigenvalue weighted by Gasteiger charge is -2.12. The predicted molar refractivity (Wildman–Crippen MR) is 77.9 cm³/mol. The first-order valence-electron chi connectivity index (χ1n) is 6.69. The zero-order valence-corrected chi connectivity index (χ0v) is 11.5. The van der Waals surface area contributed by atoms with Gasteiger partial charge in [-0.05, 0) is 23.6 Å². The Balaban J connectivity index is 2.15. The molecule has 0 aromatic heterocycles. The molecule has 0 unspecified atom stereocenters. The Kier molecular flexibility index (Phi) is 4.77. The van der Waals surface area contributed by atoms with E-state index in [0.29, 0.717) is 12.4 Å². The molecule has 0 atom stereocenters. The molecule has 0 radical (unpaired) electrons. The summed E-state index contributed by atoms with van der Waals surface area (Å²) in [5, 5.41) is 8.98. The van der Waals surface area contributed by atoms with Crippen LogP contribution in [0.15, 0.2) is 48.5 Å². The summed E-state index contributed by atoms with van der Waals surface area (Å²) in [6.07, 6.45) is 0.865. The van der Waals surface area contributed by atoms with Crippen molar-refractivity contribution in [1.82, 2.24) is 0 Å². The first-order chi connectivity index (χ1) is 9.69. The molecule has 1 N–H and O–H groups in total. The maximum absolute atomic E-state index is 10.9. The highest BCUT2D eigenvalue weighted by atomic mass is 16.5. The fraction of sp³-hybridized carbons (Fsp3) is 0.235. The van der Waals surface area contributed by atoms with Crippen molar-refractivity contribution in [3.05, 3.63) is 65.2 Å². The molecule has 0 aliphatic heterocycles. The molecule has 0 saturated carbocycles. The summed E-state index contributed by atoms with van der Waals surface area (Å²) < 4.78 is 5.76. The van der Waals surface area contributed by atoms with E-state index in [4.69, 9.17) is 9.84 Å². The number of ether oxygens (including phenoxy) is 1. The average Bonchev–Trinajstić information content (AvgIpc) is 2.46. The first kappa shape index (κ1) is 14.1. The van der Waals surface area contributed by atoms with Gasteiger partial charge in [-0.25, -0.2) is 0 Å². The summed E-state index contributed by atoms with van der Waals surface area (Å²) in [6, 6.07) is 15.6. The van der Waals surface area contributed by atoms with Crippen molar-refractivity contribution < 1.29 is 14.6 Å². The standard InChI is InChI=1S/C17H18O3/c1-2-13-8-9-16(15(10-13)11-17(18)19)20-12-14-6-4-3-5-7-14/h3-10H,2,11-12H2,1H3,(H,18,19). The summed E-state index contributed by atoms with van der Waals surface area (Å²) in [7, 11) is 0. The van der Waals surface area contributed by atoms with Gasteiger partial charge in [0, 0.05) is 5.56 Å². The Morgan fingerprint density at radius 3 is 2.50 bits per heavy atom. The van der Waals surface area contributed by atoms with E-state index < -0.39 is 5.97 Å². The Hall–Kier alpha value is -2.29. The summed E-state index contributed by atoms with van der Waals surface area (Å²) >= 11 is 0. The number of aliphatic carboxylic acids is 1. The van der Waals surface area contributed by atoms with Crippen LogP contribution in [0.5, 0.6) is 5.75 Å². The van der Waals surface area contributed by atoms with Crippen LogP contribution in [-0.2, 0) is 24.2 Å².